The highest BCUT2D eigenvalue weighted by Gasteiger charge is 2.34. The summed E-state index contributed by atoms with van der Waals surface area (Å²) in [7, 11) is 1.86. The summed E-state index contributed by atoms with van der Waals surface area (Å²) in [6, 6.07) is 0. The van der Waals surface area contributed by atoms with Crippen LogP contribution in [0.1, 0.15) is 12.8 Å². The fourth-order valence-electron chi connectivity index (χ4n) is 2.65. The number of hydrogen-bond donors (Lipinski definition) is 2. The molecule has 4 nitrogen and oxygen atoms in total. The van der Waals surface area contributed by atoms with Crippen LogP contribution in [-0.4, -0.2) is 69.5 Å². The molecule has 0 aromatic rings. The van der Waals surface area contributed by atoms with Gasteiger partial charge < -0.3 is 15.2 Å². The smallest absolute Gasteiger partial charge is 0.251 e. The maximum Gasteiger partial charge on any atom is 0.251 e. The minimum Gasteiger partial charge on any atom is -0.395 e. The van der Waals surface area contributed by atoms with Crippen LogP contribution in [0.15, 0.2) is 0 Å². The van der Waals surface area contributed by atoms with Gasteiger partial charge in [-0.05, 0) is 19.9 Å². The van der Waals surface area contributed by atoms with E-state index < -0.39 is 6.43 Å². The second-order valence-corrected chi connectivity index (χ2v) is 5.04. The van der Waals surface area contributed by atoms with E-state index >= 15 is 0 Å². The van der Waals surface area contributed by atoms with Crippen LogP contribution in [0, 0.1) is 5.41 Å². The van der Waals surface area contributed by atoms with Crippen molar-refractivity contribution in [2.45, 2.75) is 19.3 Å². The van der Waals surface area contributed by atoms with E-state index in [1.165, 1.54) is 0 Å². The first kappa shape index (κ1) is 15.8. The van der Waals surface area contributed by atoms with E-state index in [9.17, 15) is 8.78 Å². The van der Waals surface area contributed by atoms with Crippen LogP contribution in [0.4, 0.5) is 8.78 Å². The van der Waals surface area contributed by atoms with Crippen molar-refractivity contribution in [1.29, 1.82) is 0 Å². The number of hydrogen-bond acceptors (Lipinski definition) is 4. The van der Waals surface area contributed by atoms with E-state index in [0.29, 0.717) is 13.2 Å². The largest absolute Gasteiger partial charge is 0.395 e. The Labute approximate surface area is 107 Å². The lowest BCUT2D eigenvalue weighted by atomic mass is 9.81. The third kappa shape index (κ3) is 5.14. The highest BCUT2D eigenvalue weighted by Crippen LogP contribution is 2.29. The maximum atomic E-state index is 12.5. The number of halogens is 2. The lowest BCUT2D eigenvalue weighted by molar-refractivity contribution is -0.0358. The first-order valence-electron chi connectivity index (χ1n) is 6.45. The Balaban J connectivity index is 2.60. The second kappa shape index (κ2) is 7.99. The number of nitrogens with one attached hydrogen (secondary N) is 1. The van der Waals surface area contributed by atoms with E-state index in [1.54, 1.807) is 4.90 Å². The van der Waals surface area contributed by atoms with E-state index in [2.05, 4.69) is 5.32 Å². The summed E-state index contributed by atoms with van der Waals surface area (Å²) in [6.07, 6.45) is -0.435. The molecule has 0 radical (unpaired) electrons. The van der Waals surface area contributed by atoms with Gasteiger partial charge in [-0.2, -0.15) is 0 Å². The predicted octanol–water partition coefficient (Wildman–Crippen LogP) is 0.562. The van der Waals surface area contributed by atoms with Gasteiger partial charge in [-0.15, -0.1) is 0 Å². The Bertz CT molecular complexity index is 219. The summed E-state index contributed by atoms with van der Waals surface area (Å²) in [5.74, 6) is 0. The Morgan fingerprint density at radius 1 is 1.50 bits per heavy atom. The molecule has 1 saturated heterocycles. The van der Waals surface area contributed by atoms with Crippen molar-refractivity contribution < 1.29 is 18.6 Å². The zero-order valence-electron chi connectivity index (χ0n) is 11.0. The van der Waals surface area contributed by atoms with Crippen LogP contribution >= 0.6 is 0 Å². The Kier molecular flexibility index (Phi) is 6.99. The van der Waals surface area contributed by atoms with Crippen LogP contribution in [-0.2, 0) is 4.74 Å². The topological polar surface area (TPSA) is 44.7 Å². The van der Waals surface area contributed by atoms with Gasteiger partial charge in [0, 0.05) is 31.7 Å². The molecule has 1 aliphatic rings. The van der Waals surface area contributed by atoms with Gasteiger partial charge in [-0.25, -0.2) is 8.78 Å². The van der Waals surface area contributed by atoms with Crippen molar-refractivity contribution in [3.8, 4) is 0 Å². The molecule has 2 N–H and O–H groups in total. The van der Waals surface area contributed by atoms with E-state index in [-0.39, 0.29) is 25.1 Å². The first-order chi connectivity index (χ1) is 8.62. The summed E-state index contributed by atoms with van der Waals surface area (Å²) in [5, 5.41) is 12.1. The third-order valence-electron chi connectivity index (χ3n) is 3.33. The summed E-state index contributed by atoms with van der Waals surface area (Å²) in [4.78, 5) is 1.64. The van der Waals surface area contributed by atoms with Crippen molar-refractivity contribution >= 4 is 0 Å². The quantitative estimate of drug-likeness (QED) is 0.674. The molecule has 1 fully saturated rings. The van der Waals surface area contributed by atoms with E-state index in [4.69, 9.17) is 9.84 Å². The summed E-state index contributed by atoms with van der Waals surface area (Å²) in [6.45, 7) is 2.54. The van der Waals surface area contributed by atoms with Crippen LogP contribution < -0.4 is 5.32 Å². The molecule has 1 unspecified atom stereocenters. The van der Waals surface area contributed by atoms with Crippen LogP contribution in [0.2, 0.25) is 0 Å². The molecular weight excluding hydrogens is 242 g/mol. The average Bonchev–Trinajstić information content (AvgIpc) is 2.29. The van der Waals surface area contributed by atoms with Crippen LogP contribution in [0.5, 0.6) is 0 Å². The van der Waals surface area contributed by atoms with Crippen LogP contribution in [0.25, 0.3) is 0 Å². The molecule has 1 rings (SSSR count). The molecule has 1 atom stereocenters. The monoisotopic (exact) mass is 266 g/mol. The number of alkyl halides is 2. The number of ether oxygens (including phenoxy) is 1. The Morgan fingerprint density at radius 2 is 2.28 bits per heavy atom. The zero-order chi connectivity index (χ0) is 13.4. The summed E-state index contributed by atoms with van der Waals surface area (Å²) >= 11 is 0. The van der Waals surface area contributed by atoms with Gasteiger partial charge in [0.15, 0.2) is 0 Å². The molecule has 1 heterocycles. The lowest BCUT2D eigenvalue weighted by Crippen LogP contribution is -2.50. The highest BCUT2D eigenvalue weighted by molar-refractivity contribution is 4.87. The van der Waals surface area contributed by atoms with E-state index in [1.807, 2.05) is 7.05 Å². The Morgan fingerprint density at radius 3 is 2.78 bits per heavy atom. The molecule has 6 heteroatoms. The van der Waals surface area contributed by atoms with Crippen LogP contribution in [0.3, 0.4) is 0 Å². The first-order valence-corrected chi connectivity index (χ1v) is 6.45. The number of aliphatic hydroxyl groups excluding tert-OH is 1. The predicted molar refractivity (Wildman–Crippen MR) is 65.9 cm³/mol. The minimum atomic E-state index is -2.37. The number of aliphatic hydroxyl groups is 1. The van der Waals surface area contributed by atoms with Crippen molar-refractivity contribution in [2.75, 3.05) is 53.0 Å². The normalized spacial score (nSPS) is 25.0. The third-order valence-corrected chi connectivity index (χ3v) is 3.33. The van der Waals surface area contributed by atoms with Gasteiger partial charge in [0.1, 0.15) is 0 Å². The van der Waals surface area contributed by atoms with Gasteiger partial charge in [-0.3, -0.25) is 4.90 Å². The minimum absolute atomic E-state index is 0.0940. The molecule has 0 aliphatic carbocycles. The summed E-state index contributed by atoms with van der Waals surface area (Å²) in [5.41, 5.74) is -0.114. The molecule has 1 aliphatic heterocycles. The maximum absolute atomic E-state index is 12.5. The van der Waals surface area contributed by atoms with Gasteiger partial charge >= 0.3 is 0 Å². The SMILES string of the molecule is CNCC1(CN(CCO)CC(F)F)CCCOC1. The van der Waals surface area contributed by atoms with Crippen molar-refractivity contribution in [3.05, 3.63) is 0 Å². The average molecular weight is 266 g/mol. The van der Waals surface area contributed by atoms with Gasteiger partial charge in [0.25, 0.3) is 6.43 Å². The fraction of sp³-hybridized carbons (Fsp3) is 1.00. The van der Waals surface area contributed by atoms with E-state index in [0.717, 1.165) is 26.0 Å². The Hall–Kier alpha value is -0.300. The van der Waals surface area contributed by atoms with Crippen molar-refractivity contribution in [2.24, 2.45) is 5.41 Å². The molecule has 0 aromatic heterocycles. The van der Waals surface area contributed by atoms with Crippen molar-refractivity contribution in [3.63, 3.8) is 0 Å². The molecule has 108 valence electrons. The molecule has 0 spiro atoms. The second-order valence-electron chi connectivity index (χ2n) is 5.04. The molecule has 0 amide bonds. The fourth-order valence-corrected chi connectivity index (χ4v) is 2.65. The molecule has 18 heavy (non-hydrogen) atoms. The molecular formula is C12H24F2N2O2. The number of nitrogens with zero attached hydrogens (tertiary/aromatic N) is 1. The standard InChI is InChI=1S/C12H24F2N2O2/c1-15-8-12(3-2-6-18-10-12)9-16(4-5-17)7-11(13)14/h11,15,17H,2-10H2,1H3. The van der Waals surface area contributed by atoms with Gasteiger partial charge in [0.2, 0.25) is 0 Å². The molecule has 0 aromatic carbocycles. The van der Waals surface area contributed by atoms with Gasteiger partial charge in [0.05, 0.1) is 19.8 Å². The highest BCUT2D eigenvalue weighted by atomic mass is 19.3. The van der Waals surface area contributed by atoms with Gasteiger partial charge in [-0.1, -0.05) is 0 Å². The zero-order valence-corrected chi connectivity index (χ0v) is 11.0. The summed E-state index contributed by atoms with van der Waals surface area (Å²) < 4.78 is 30.5. The lowest BCUT2D eigenvalue weighted by Gasteiger charge is -2.40. The molecule has 0 saturated carbocycles. The van der Waals surface area contributed by atoms with Crippen molar-refractivity contribution in [1.82, 2.24) is 10.2 Å². The number of rotatable bonds is 8. The molecule has 0 bridgehead atoms.